The van der Waals surface area contributed by atoms with Crippen LogP contribution in [0, 0.1) is 17.2 Å². The van der Waals surface area contributed by atoms with E-state index in [1.807, 2.05) is 12.1 Å². The molecule has 0 unspecified atom stereocenters. The molecule has 4 heteroatoms. The lowest BCUT2D eigenvalue weighted by molar-refractivity contribution is 0.209. The van der Waals surface area contributed by atoms with Crippen LogP contribution >= 0.6 is 11.6 Å². The number of nitrogens with zero attached hydrogens (tertiary/aromatic N) is 2. The average molecular weight is 251 g/mol. The first-order valence-electron chi connectivity index (χ1n) is 5.80. The summed E-state index contributed by atoms with van der Waals surface area (Å²) in [6.07, 6.45) is 2.17. The maximum Gasteiger partial charge on any atom is 0.101 e. The van der Waals surface area contributed by atoms with Gasteiger partial charge in [0.1, 0.15) is 6.07 Å². The maximum absolute atomic E-state index is 9.20. The molecule has 0 saturated carbocycles. The molecule has 2 rings (SSSR count). The third-order valence-electron chi connectivity index (χ3n) is 3.22. The smallest absolute Gasteiger partial charge is 0.101 e. The quantitative estimate of drug-likeness (QED) is 0.877. The number of benzene rings is 1. The molecule has 1 atom stereocenters. The number of aliphatic hydroxyl groups excluding tert-OH is 1. The Hall–Kier alpha value is -1.24. The summed E-state index contributed by atoms with van der Waals surface area (Å²) in [4.78, 5) is 2.22. The Bertz CT molecular complexity index is 442. The van der Waals surface area contributed by atoms with E-state index in [2.05, 4.69) is 11.0 Å². The van der Waals surface area contributed by atoms with Crippen LogP contribution in [0.1, 0.15) is 18.4 Å². The minimum atomic E-state index is 0.237. The highest BCUT2D eigenvalue weighted by Gasteiger charge is 2.19. The second-order valence-electron chi connectivity index (χ2n) is 4.41. The Kier molecular flexibility index (Phi) is 3.88. The van der Waals surface area contributed by atoms with Gasteiger partial charge in [-0.05, 0) is 37.0 Å². The van der Waals surface area contributed by atoms with Gasteiger partial charge in [0, 0.05) is 25.4 Å². The van der Waals surface area contributed by atoms with Crippen LogP contribution < -0.4 is 4.90 Å². The van der Waals surface area contributed by atoms with Gasteiger partial charge in [-0.3, -0.25) is 0 Å². The molecule has 1 aromatic carbocycles. The number of rotatable bonds is 2. The van der Waals surface area contributed by atoms with Crippen molar-refractivity contribution >= 4 is 17.3 Å². The molecule has 0 aliphatic carbocycles. The maximum atomic E-state index is 9.20. The van der Waals surface area contributed by atoms with Gasteiger partial charge in [0.15, 0.2) is 0 Å². The minimum absolute atomic E-state index is 0.237. The van der Waals surface area contributed by atoms with Gasteiger partial charge >= 0.3 is 0 Å². The van der Waals surface area contributed by atoms with Crippen molar-refractivity contribution in [3.05, 3.63) is 28.8 Å². The third kappa shape index (κ3) is 2.71. The van der Waals surface area contributed by atoms with Crippen LogP contribution in [0.25, 0.3) is 0 Å². The van der Waals surface area contributed by atoms with Gasteiger partial charge in [0.05, 0.1) is 10.6 Å². The highest BCUT2D eigenvalue weighted by Crippen LogP contribution is 2.27. The molecule has 0 spiro atoms. The second-order valence-corrected chi connectivity index (χ2v) is 4.82. The van der Waals surface area contributed by atoms with Gasteiger partial charge in [-0.25, -0.2) is 0 Å². The number of hydrogen-bond donors (Lipinski definition) is 1. The highest BCUT2D eigenvalue weighted by molar-refractivity contribution is 6.32. The number of anilines is 1. The van der Waals surface area contributed by atoms with E-state index in [1.54, 1.807) is 6.07 Å². The predicted molar refractivity (Wildman–Crippen MR) is 68.2 cm³/mol. The van der Waals surface area contributed by atoms with Crippen LogP contribution in [0.4, 0.5) is 5.69 Å². The van der Waals surface area contributed by atoms with Gasteiger partial charge in [0.25, 0.3) is 0 Å². The largest absolute Gasteiger partial charge is 0.396 e. The van der Waals surface area contributed by atoms with E-state index in [1.165, 1.54) is 0 Å². The fourth-order valence-electron chi connectivity index (χ4n) is 2.24. The van der Waals surface area contributed by atoms with Gasteiger partial charge in [0.2, 0.25) is 0 Å². The van der Waals surface area contributed by atoms with Gasteiger partial charge in [-0.1, -0.05) is 11.6 Å². The first-order chi connectivity index (χ1) is 8.24. The molecule has 1 fully saturated rings. The molecule has 0 aromatic heterocycles. The second kappa shape index (κ2) is 5.39. The summed E-state index contributed by atoms with van der Waals surface area (Å²) in [6.45, 7) is 2.08. The lowest BCUT2D eigenvalue weighted by atomic mass is 9.98. The van der Waals surface area contributed by atoms with Crippen molar-refractivity contribution in [2.75, 3.05) is 24.6 Å². The Labute approximate surface area is 106 Å². The van der Waals surface area contributed by atoms with Crippen molar-refractivity contribution in [3.63, 3.8) is 0 Å². The molecule has 1 aliphatic rings. The van der Waals surface area contributed by atoms with Gasteiger partial charge in [-0.2, -0.15) is 5.26 Å². The Balaban J connectivity index is 2.17. The first-order valence-corrected chi connectivity index (χ1v) is 6.18. The van der Waals surface area contributed by atoms with E-state index >= 15 is 0 Å². The summed E-state index contributed by atoms with van der Waals surface area (Å²) in [5, 5.41) is 18.5. The van der Waals surface area contributed by atoms with Crippen LogP contribution in [-0.4, -0.2) is 24.8 Å². The van der Waals surface area contributed by atoms with Crippen LogP contribution in [-0.2, 0) is 0 Å². The number of hydrogen-bond acceptors (Lipinski definition) is 3. The van der Waals surface area contributed by atoms with E-state index in [4.69, 9.17) is 16.9 Å². The summed E-state index contributed by atoms with van der Waals surface area (Å²) in [6, 6.07) is 7.56. The number of nitriles is 1. The number of piperidine rings is 1. The molecular weight excluding hydrogens is 236 g/mol. The van der Waals surface area contributed by atoms with Crippen molar-refractivity contribution in [1.29, 1.82) is 5.26 Å². The summed E-state index contributed by atoms with van der Waals surface area (Å²) < 4.78 is 0. The average Bonchev–Trinajstić information content (AvgIpc) is 2.38. The van der Waals surface area contributed by atoms with E-state index < -0.39 is 0 Å². The lowest BCUT2D eigenvalue weighted by Crippen LogP contribution is -2.36. The van der Waals surface area contributed by atoms with E-state index in [0.717, 1.165) is 31.6 Å². The van der Waals surface area contributed by atoms with Crippen LogP contribution in [0.15, 0.2) is 18.2 Å². The molecule has 0 radical (unpaired) electrons. The zero-order valence-corrected chi connectivity index (χ0v) is 10.3. The Morgan fingerprint density at radius 1 is 1.53 bits per heavy atom. The molecule has 1 heterocycles. The molecule has 0 amide bonds. The number of aliphatic hydroxyl groups is 1. The van der Waals surface area contributed by atoms with Crippen LogP contribution in [0.5, 0.6) is 0 Å². The van der Waals surface area contributed by atoms with E-state index in [-0.39, 0.29) is 6.61 Å². The van der Waals surface area contributed by atoms with Gasteiger partial charge in [-0.15, -0.1) is 0 Å². The summed E-state index contributed by atoms with van der Waals surface area (Å²) in [7, 11) is 0. The zero-order chi connectivity index (χ0) is 12.3. The number of halogens is 1. The van der Waals surface area contributed by atoms with Crippen molar-refractivity contribution in [2.45, 2.75) is 12.8 Å². The van der Waals surface area contributed by atoms with E-state index in [9.17, 15) is 5.11 Å². The molecule has 1 aromatic rings. The van der Waals surface area contributed by atoms with Crippen molar-refractivity contribution in [2.24, 2.45) is 5.92 Å². The summed E-state index contributed by atoms with van der Waals surface area (Å²) >= 11 is 6.02. The Morgan fingerprint density at radius 2 is 2.35 bits per heavy atom. The molecule has 1 aliphatic heterocycles. The molecule has 0 bridgehead atoms. The monoisotopic (exact) mass is 250 g/mol. The van der Waals surface area contributed by atoms with Crippen molar-refractivity contribution in [3.8, 4) is 6.07 Å². The Morgan fingerprint density at radius 3 is 3.00 bits per heavy atom. The predicted octanol–water partition coefficient (Wildman–Crippen LogP) is 2.42. The molecule has 17 heavy (non-hydrogen) atoms. The highest BCUT2D eigenvalue weighted by atomic mass is 35.5. The van der Waals surface area contributed by atoms with Crippen molar-refractivity contribution in [1.82, 2.24) is 0 Å². The van der Waals surface area contributed by atoms with Crippen LogP contribution in [0.3, 0.4) is 0 Å². The molecule has 3 nitrogen and oxygen atoms in total. The standard InChI is InChI=1S/C13H15ClN2O/c14-13-6-12(4-3-11(13)7-15)16-5-1-2-10(8-16)9-17/h3-4,6,10,17H,1-2,5,8-9H2/t10-/m0/s1. The molecule has 1 saturated heterocycles. The van der Waals surface area contributed by atoms with E-state index in [0.29, 0.717) is 16.5 Å². The molecule has 1 N–H and O–H groups in total. The van der Waals surface area contributed by atoms with Gasteiger partial charge < -0.3 is 10.0 Å². The zero-order valence-electron chi connectivity index (χ0n) is 9.56. The van der Waals surface area contributed by atoms with Crippen LogP contribution in [0.2, 0.25) is 5.02 Å². The molecular formula is C13H15ClN2O. The normalized spacial score (nSPS) is 20.1. The first kappa shape index (κ1) is 12.2. The minimum Gasteiger partial charge on any atom is -0.396 e. The molecule has 90 valence electrons. The SMILES string of the molecule is N#Cc1ccc(N2CCC[C@H](CO)C2)cc1Cl. The summed E-state index contributed by atoms with van der Waals surface area (Å²) in [5.74, 6) is 0.346. The third-order valence-corrected chi connectivity index (χ3v) is 3.53. The topological polar surface area (TPSA) is 47.3 Å². The fourth-order valence-corrected chi connectivity index (χ4v) is 2.46. The summed E-state index contributed by atoms with van der Waals surface area (Å²) in [5.41, 5.74) is 1.54. The van der Waals surface area contributed by atoms with Crippen molar-refractivity contribution < 1.29 is 5.11 Å². The fraction of sp³-hybridized carbons (Fsp3) is 0.462. The lowest BCUT2D eigenvalue weighted by Gasteiger charge is -2.33.